The number of rotatable bonds is 8. The molecule has 2 aromatic rings. The number of nitrogens with zero attached hydrogens (tertiary/aromatic N) is 2. The number of para-hydroxylation sites is 1. The summed E-state index contributed by atoms with van der Waals surface area (Å²) in [5, 5.41) is 2.90. The van der Waals surface area contributed by atoms with Gasteiger partial charge in [-0.05, 0) is 75.3 Å². The maximum atomic E-state index is 12.8. The fourth-order valence-electron chi connectivity index (χ4n) is 3.33. The van der Waals surface area contributed by atoms with E-state index in [1.807, 2.05) is 6.07 Å². The Morgan fingerprint density at radius 3 is 2.32 bits per heavy atom. The fourth-order valence-corrected chi connectivity index (χ4v) is 4.52. The van der Waals surface area contributed by atoms with Crippen LogP contribution in [0.25, 0.3) is 0 Å². The second kappa shape index (κ2) is 9.21. The van der Waals surface area contributed by atoms with Crippen LogP contribution in [0.2, 0.25) is 0 Å². The summed E-state index contributed by atoms with van der Waals surface area (Å²) in [6.07, 6.45) is 3.45. The first-order valence-corrected chi connectivity index (χ1v) is 11.1. The third-order valence-electron chi connectivity index (χ3n) is 5.03. The average molecular weight is 402 g/mol. The quantitative estimate of drug-likeness (QED) is 0.691. The minimum absolute atomic E-state index is 0.157. The van der Waals surface area contributed by atoms with Crippen LogP contribution in [0.1, 0.15) is 29.6 Å². The molecule has 1 aliphatic rings. The standard InChI is InChI=1S/C21H27N3O3S/c1-23(19-8-3-2-4-9-19)28(26,27)20-12-10-18(11-13-20)21(25)22-14-7-17-24-15-5-6-16-24/h2-4,8-13H,5-7,14-17H2,1H3,(H,22,25). The number of nitrogens with one attached hydrogen (secondary N) is 1. The molecular formula is C21H27N3O3S. The van der Waals surface area contributed by atoms with E-state index in [2.05, 4.69) is 10.2 Å². The molecule has 0 bridgehead atoms. The van der Waals surface area contributed by atoms with Crippen molar-refractivity contribution in [3.63, 3.8) is 0 Å². The predicted octanol–water partition coefficient (Wildman–Crippen LogP) is 2.73. The molecular weight excluding hydrogens is 374 g/mol. The molecule has 1 aliphatic heterocycles. The molecule has 0 aliphatic carbocycles. The van der Waals surface area contributed by atoms with Crippen molar-refractivity contribution in [2.45, 2.75) is 24.2 Å². The Hall–Kier alpha value is -2.38. The van der Waals surface area contributed by atoms with Gasteiger partial charge in [-0.15, -0.1) is 0 Å². The Balaban J connectivity index is 1.56. The molecule has 0 spiro atoms. The van der Waals surface area contributed by atoms with Gasteiger partial charge in [0.05, 0.1) is 10.6 Å². The highest BCUT2D eigenvalue weighted by Crippen LogP contribution is 2.21. The Morgan fingerprint density at radius 1 is 1.04 bits per heavy atom. The predicted molar refractivity (Wildman–Crippen MR) is 111 cm³/mol. The third kappa shape index (κ3) is 4.91. The van der Waals surface area contributed by atoms with Gasteiger partial charge >= 0.3 is 0 Å². The molecule has 2 aromatic carbocycles. The van der Waals surface area contributed by atoms with Gasteiger partial charge < -0.3 is 10.2 Å². The van der Waals surface area contributed by atoms with Gasteiger partial charge in [0.15, 0.2) is 0 Å². The first-order chi connectivity index (χ1) is 13.5. The second-order valence-corrected chi connectivity index (χ2v) is 8.96. The highest BCUT2D eigenvalue weighted by Gasteiger charge is 2.21. The minimum Gasteiger partial charge on any atom is -0.352 e. The van der Waals surface area contributed by atoms with Crippen molar-refractivity contribution >= 4 is 21.6 Å². The van der Waals surface area contributed by atoms with E-state index < -0.39 is 10.0 Å². The molecule has 6 nitrogen and oxygen atoms in total. The summed E-state index contributed by atoms with van der Waals surface area (Å²) in [6.45, 7) is 3.93. The first kappa shape index (κ1) is 20.4. The van der Waals surface area contributed by atoms with Gasteiger partial charge in [0.1, 0.15) is 0 Å². The van der Waals surface area contributed by atoms with E-state index in [-0.39, 0.29) is 10.8 Å². The van der Waals surface area contributed by atoms with Crippen LogP contribution in [0.15, 0.2) is 59.5 Å². The fraction of sp³-hybridized carbons (Fsp3) is 0.381. The SMILES string of the molecule is CN(c1ccccc1)S(=O)(=O)c1ccc(C(=O)NCCCN2CCCC2)cc1. The summed E-state index contributed by atoms with van der Waals surface area (Å²) in [7, 11) is -2.15. The van der Waals surface area contributed by atoms with E-state index in [9.17, 15) is 13.2 Å². The van der Waals surface area contributed by atoms with Crippen molar-refractivity contribution in [2.75, 3.05) is 37.5 Å². The Bertz CT molecular complexity index is 877. The third-order valence-corrected chi connectivity index (χ3v) is 6.83. The zero-order chi connectivity index (χ0) is 20.0. The number of hydrogen-bond acceptors (Lipinski definition) is 4. The maximum Gasteiger partial charge on any atom is 0.264 e. The number of anilines is 1. The molecule has 1 amide bonds. The van der Waals surface area contributed by atoms with Crippen molar-refractivity contribution in [2.24, 2.45) is 0 Å². The smallest absolute Gasteiger partial charge is 0.264 e. The van der Waals surface area contributed by atoms with E-state index in [1.165, 1.54) is 36.3 Å². The van der Waals surface area contributed by atoms with Crippen molar-refractivity contribution < 1.29 is 13.2 Å². The van der Waals surface area contributed by atoms with E-state index in [0.717, 1.165) is 26.1 Å². The number of sulfonamides is 1. The zero-order valence-corrected chi connectivity index (χ0v) is 17.0. The van der Waals surface area contributed by atoms with Crippen LogP contribution in [0.5, 0.6) is 0 Å². The monoisotopic (exact) mass is 401 g/mol. The van der Waals surface area contributed by atoms with E-state index in [0.29, 0.717) is 17.8 Å². The lowest BCUT2D eigenvalue weighted by Crippen LogP contribution is -2.29. The van der Waals surface area contributed by atoms with Crippen molar-refractivity contribution in [1.29, 1.82) is 0 Å². The van der Waals surface area contributed by atoms with Gasteiger partial charge in [0, 0.05) is 19.2 Å². The van der Waals surface area contributed by atoms with E-state index in [1.54, 1.807) is 36.4 Å². The van der Waals surface area contributed by atoms with Crippen LogP contribution in [-0.2, 0) is 10.0 Å². The molecule has 0 saturated carbocycles. The van der Waals surface area contributed by atoms with Gasteiger partial charge in [0.2, 0.25) is 0 Å². The second-order valence-electron chi connectivity index (χ2n) is 6.99. The minimum atomic E-state index is -3.67. The summed E-state index contributed by atoms with van der Waals surface area (Å²) in [5.41, 5.74) is 1.05. The normalized spacial score (nSPS) is 14.8. The summed E-state index contributed by atoms with van der Waals surface area (Å²) >= 11 is 0. The summed E-state index contributed by atoms with van der Waals surface area (Å²) < 4.78 is 26.8. The van der Waals surface area contributed by atoms with Gasteiger partial charge in [-0.3, -0.25) is 9.10 Å². The number of benzene rings is 2. The molecule has 0 radical (unpaired) electrons. The number of carbonyl (C=O) groups excluding carboxylic acids is 1. The number of hydrogen-bond donors (Lipinski definition) is 1. The van der Waals surface area contributed by atoms with Crippen molar-refractivity contribution in [3.05, 3.63) is 60.2 Å². The zero-order valence-electron chi connectivity index (χ0n) is 16.2. The molecule has 1 fully saturated rings. The van der Waals surface area contributed by atoms with E-state index >= 15 is 0 Å². The van der Waals surface area contributed by atoms with Crippen LogP contribution in [0.4, 0.5) is 5.69 Å². The van der Waals surface area contributed by atoms with E-state index in [4.69, 9.17) is 0 Å². The molecule has 150 valence electrons. The molecule has 1 N–H and O–H groups in total. The van der Waals surface area contributed by atoms with Crippen LogP contribution < -0.4 is 9.62 Å². The lowest BCUT2D eigenvalue weighted by molar-refractivity contribution is 0.0952. The average Bonchev–Trinajstić information content (AvgIpc) is 3.25. The molecule has 3 rings (SSSR count). The highest BCUT2D eigenvalue weighted by atomic mass is 32.2. The molecule has 1 heterocycles. The first-order valence-electron chi connectivity index (χ1n) is 9.63. The Labute approximate surface area is 167 Å². The maximum absolute atomic E-state index is 12.8. The van der Waals surface area contributed by atoms with Crippen LogP contribution >= 0.6 is 0 Å². The summed E-state index contributed by atoms with van der Waals surface area (Å²) in [6, 6.07) is 15.0. The van der Waals surface area contributed by atoms with Crippen LogP contribution in [0.3, 0.4) is 0 Å². The van der Waals surface area contributed by atoms with Crippen molar-refractivity contribution in [3.8, 4) is 0 Å². The van der Waals surface area contributed by atoms with Gasteiger partial charge in [-0.1, -0.05) is 18.2 Å². The Kier molecular flexibility index (Phi) is 6.70. The molecule has 0 aromatic heterocycles. The number of carbonyl (C=O) groups is 1. The van der Waals surface area contributed by atoms with Crippen LogP contribution in [0, 0.1) is 0 Å². The largest absolute Gasteiger partial charge is 0.352 e. The molecule has 0 atom stereocenters. The highest BCUT2D eigenvalue weighted by molar-refractivity contribution is 7.92. The Morgan fingerprint density at radius 2 is 1.68 bits per heavy atom. The summed E-state index contributed by atoms with van der Waals surface area (Å²) in [5.74, 6) is -0.179. The van der Waals surface area contributed by atoms with Crippen LogP contribution in [-0.4, -0.2) is 52.5 Å². The molecule has 7 heteroatoms. The number of amides is 1. The lowest BCUT2D eigenvalue weighted by Gasteiger charge is -2.19. The van der Waals surface area contributed by atoms with Crippen molar-refractivity contribution in [1.82, 2.24) is 10.2 Å². The lowest BCUT2D eigenvalue weighted by atomic mass is 10.2. The molecule has 28 heavy (non-hydrogen) atoms. The van der Waals surface area contributed by atoms with Gasteiger partial charge in [0.25, 0.3) is 15.9 Å². The topological polar surface area (TPSA) is 69.7 Å². The van der Waals surface area contributed by atoms with Gasteiger partial charge in [-0.25, -0.2) is 8.42 Å². The van der Waals surface area contributed by atoms with Gasteiger partial charge in [-0.2, -0.15) is 0 Å². The molecule has 0 unspecified atom stereocenters. The molecule has 1 saturated heterocycles. The summed E-state index contributed by atoms with van der Waals surface area (Å²) in [4.78, 5) is 14.8. The number of likely N-dealkylation sites (tertiary alicyclic amines) is 1.